The summed E-state index contributed by atoms with van der Waals surface area (Å²) in [6.45, 7) is 0.733. The van der Waals surface area contributed by atoms with Crippen LogP contribution in [0.4, 0.5) is 20.6 Å². The van der Waals surface area contributed by atoms with Crippen LogP contribution in [-0.4, -0.2) is 66.2 Å². The minimum Gasteiger partial charge on any atom is -0.490 e. The number of pyridine rings is 1. The lowest BCUT2D eigenvalue weighted by Crippen LogP contribution is -2.54. The standard InChI is InChI=1S/C30H32FN5O5/c1-36-25-8-7-21(17-28(37)33-15-12-19-10-13-32-14-11-19)41-27(25)18-40-26-9-6-20(16-22(26)29(36)38)34-30(39)35-24-5-3-2-4-23(24)31/h2-6,9-11,13-14,16,21,25,27H,7-8,12,15,17-18H2,1H3,(H,33,37)(H2,34,35,39)/t21-,25+,27+/m1/s1. The van der Waals surface area contributed by atoms with E-state index in [0.29, 0.717) is 36.4 Å². The van der Waals surface area contributed by atoms with Crippen molar-refractivity contribution in [1.29, 1.82) is 0 Å². The normalized spacial score (nSPS) is 20.0. The van der Waals surface area contributed by atoms with Crippen molar-refractivity contribution in [1.82, 2.24) is 15.2 Å². The summed E-state index contributed by atoms with van der Waals surface area (Å²) >= 11 is 0. The highest BCUT2D eigenvalue weighted by molar-refractivity contribution is 6.02. The van der Waals surface area contributed by atoms with Crippen molar-refractivity contribution >= 4 is 29.2 Å². The van der Waals surface area contributed by atoms with E-state index >= 15 is 0 Å². The van der Waals surface area contributed by atoms with Gasteiger partial charge in [-0.1, -0.05) is 12.1 Å². The van der Waals surface area contributed by atoms with Crippen molar-refractivity contribution < 1.29 is 28.2 Å². The van der Waals surface area contributed by atoms with Crippen LogP contribution in [0.1, 0.15) is 35.2 Å². The molecule has 0 radical (unpaired) electrons. The van der Waals surface area contributed by atoms with E-state index in [9.17, 15) is 18.8 Å². The number of likely N-dealkylation sites (N-methyl/N-ethyl adjacent to an activating group) is 1. The molecule has 2 aliphatic rings. The Morgan fingerprint density at radius 1 is 1.07 bits per heavy atom. The Balaban J connectivity index is 1.18. The number of ether oxygens (including phenoxy) is 2. The van der Waals surface area contributed by atoms with E-state index < -0.39 is 18.0 Å². The molecule has 5 rings (SSSR count). The maximum absolute atomic E-state index is 13.9. The number of carbonyl (C=O) groups is 3. The number of aromatic nitrogens is 1. The number of anilines is 2. The number of halogens is 1. The van der Waals surface area contributed by atoms with Gasteiger partial charge in [0.2, 0.25) is 5.91 Å². The molecule has 3 aromatic rings. The lowest BCUT2D eigenvalue weighted by Gasteiger charge is -2.42. The minimum atomic E-state index is -0.643. The highest BCUT2D eigenvalue weighted by atomic mass is 19.1. The molecule has 0 saturated carbocycles. The van der Waals surface area contributed by atoms with E-state index in [1.807, 2.05) is 12.1 Å². The van der Waals surface area contributed by atoms with Gasteiger partial charge in [0.15, 0.2) is 0 Å². The molecule has 214 valence electrons. The number of fused-ring (bicyclic) bond motifs is 2. The summed E-state index contributed by atoms with van der Waals surface area (Å²) in [4.78, 5) is 44.1. The molecular weight excluding hydrogens is 529 g/mol. The zero-order valence-corrected chi connectivity index (χ0v) is 22.6. The Labute approximate surface area is 237 Å². The van der Waals surface area contributed by atoms with E-state index in [1.54, 1.807) is 42.5 Å². The van der Waals surface area contributed by atoms with Crippen molar-refractivity contribution in [3.8, 4) is 5.75 Å². The van der Waals surface area contributed by atoms with Crippen molar-refractivity contribution in [2.24, 2.45) is 0 Å². The predicted molar refractivity (Wildman–Crippen MR) is 150 cm³/mol. The molecule has 3 N–H and O–H groups in total. The van der Waals surface area contributed by atoms with E-state index in [4.69, 9.17) is 9.47 Å². The maximum Gasteiger partial charge on any atom is 0.323 e. The van der Waals surface area contributed by atoms with Crippen LogP contribution in [0.25, 0.3) is 0 Å². The molecule has 0 unspecified atom stereocenters. The van der Waals surface area contributed by atoms with Gasteiger partial charge >= 0.3 is 6.03 Å². The fraction of sp³-hybridized carbons (Fsp3) is 0.333. The third kappa shape index (κ3) is 6.98. The third-order valence-electron chi connectivity index (χ3n) is 7.29. The van der Waals surface area contributed by atoms with Crippen LogP contribution < -0.4 is 20.7 Å². The molecule has 3 atom stereocenters. The summed E-state index contributed by atoms with van der Waals surface area (Å²) in [7, 11) is 1.72. The van der Waals surface area contributed by atoms with Crippen LogP contribution in [0.3, 0.4) is 0 Å². The molecule has 4 amide bonds. The first-order chi connectivity index (χ1) is 19.9. The molecule has 3 heterocycles. The number of urea groups is 1. The SMILES string of the molecule is CN1C(=O)c2cc(NC(=O)Nc3ccccc3F)ccc2OC[C@@H]2O[C@@H](CC(=O)NCCc3ccncc3)CC[C@@H]21. The summed E-state index contributed by atoms with van der Waals surface area (Å²) in [5.74, 6) is -0.550. The molecule has 1 saturated heterocycles. The van der Waals surface area contributed by atoms with Gasteiger partial charge in [0.05, 0.1) is 29.8 Å². The summed E-state index contributed by atoms with van der Waals surface area (Å²) in [6, 6.07) is 13.6. The highest BCUT2D eigenvalue weighted by Gasteiger charge is 2.39. The smallest absolute Gasteiger partial charge is 0.323 e. The average molecular weight is 562 g/mol. The summed E-state index contributed by atoms with van der Waals surface area (Å²) in [5.41, 5.74) is 1.80. The number of hydrogen-bond donors (Lipinski definition) is 3. The number of para-hydroxylation sites is 1. The second-order valence-corrected chi connectivity index (χ2v) is 10.1. The zero-order valence-electron chi connectivity index (χ0n) is 22.6. The molecule has 1 aromatic heterocycles. The van der Waals surface area contributed by atoms with Gasteiger partial charge in [-0.3, -0.25) is 14.6 Å². The number of nitrogens with one attached hydrogen (secondary N) is 3. The predicted octanol–water partition coefficient (Wildman–Crippen LogP) is 3.99. The van der Waals surface area contributed by atoms with Gasteiger partial charge in [0.25, 0.3) is 5.91 Å². The van der Waals surface area contributed by atoms with Gasteiger partial charge in [-0.25, -0.2) is 9.18 Å². The topological polar surface area (TPSA) is 122 Å². The third-order valence-corrected chi connectivity index (χ3v) is 7.29. The fourth-order valence-electron chi connectivity index (χ4n) is 5.13. The monoisotopic (exact) mass is 561 g/mol. The van der Waals surface area contributed by atoms with Gasteiger partial charge in [-0.15, -0.1) is 0 Å². The average Bonchev–Trinajstić information content (AvgIpc) is 2.97. The molecule has 0 bridgehead atoms. The Kier molecular flexibility index (Phi) is 8.73. The second-order valence-electron chi connectivity index (χ2n) is 10.1. The molecule has 11 heteroatoms. The van der Waals surface area contributed by atoms with Crippen LogP contribution in [0.15, 0.2) is 67.0 Å². The molecule has 0 aliphatic carbocycles. The van der Waals surface area contributed by atoms with Crippen LogP contribution in [-0.2, 0) is 16.0 Å². The van der Waals surface area contributed by atoms with Crippen molar-refractivity contribution in [2.75, 3.05) is 30.8 Å². The summed E-state index contributed by atoms with van der Waals surface area (Å²) in [5, 5.41) is 8.04. The molecule has 1 fully saturated rings. The van der Waals surface area contributed by atoms with E-state index in [0.717, 1.165) is 12.0 Å². The lowest BCUT2D eigenvalue weighted by molar-refractivity contribution is -0.134. The Morgan fingerprint density at radius 2 is 1.88 bits per heavy atom. The first-order valence-corrected chi connectivity index (χ1v) is 13.5. The van der Waals surface area contributed by atoms with E-state index in [1.165, 1.54) is 24.3 Å². The highest BCUT2D eigenvalue weighted by Crippen LogP contribution is 2.32. The van der Waals surface area contributed by atoms with Crippen molar-refractivity contribution in [2.45, 2.75) is 43.9 Å². The number of nitrogens with zero attached hydrogens (tertiary/aromatic N) is 2. The van der Waals surface area contributed by atoms with Crippen molar-refractivity contribution in [3.05, 3.63) is 83.9 Å². The molecule has 2 aliphatic heterocycles. The lowest BCUT2D eigenvalue weighted by atomic mass is 9.94. The van der Waals surface area contributed by atoms with Gasteiger partial charge < -0.3 is 30.3 Å². The Morgan fingerprint density at radius 3 is 2.68 bits per heavy atom. The van der Waals surface area contributed by atoms with Gasteiger partial charge in [0.1, 0.15) is 24.3 Å². The minimum absolute atomic E-state index is 0.0412. The Bertz CT molecular complexity index is 1410. The number of rotatable bonds is 7. The number of amides is 4. The maximum atomic E-state index is 13.9. The number of benzene rings is 2. The Hall–Kier alpha value is -4.51. The molecule has 2 aromatic carbocycles. The van der Waals surface area contributed by atoms with Crippen molar-refractivity contribution in [3.63, 3.8) is 0 Å². The van der Waals surface area contributed by atoms with Crippen LogP contribution >= 0.6 is 0 Å². The van der Waals surface area contributed by atoms with Gasteiger partial charge in [-0.2, -0.15) is 0 Å². The molecular formula is C30H32FN5O5. The van der Waals surface area contributed by atoms with Crippen LogP contribution in [0.2, 0.25) is 0 Å². The summed E-state index contributed by atoms with van der Waals surface area (Å²) in [6.07, 6.45) is 5.02. The number of hydrogen-bond acceptors (Lipinski definition) is 6. The molecule has 41 heavy (non-hydrogen) atoms. The summed E-state index contributed by atoms with van der Waals surface area (Å²) < 4.78 is 26.1. The van der Waals surface area contributed by atoms with Gasteiger partial charge in [0, 0.05) is 31.7 Å². The van der Waals surface area contributed by atoms with E-state index in [-0.39, 0.29) is 42.7 Å². The largest absolute Gasteiger partial charge is 0.490 e. The molecule has 0 spiro atoms. The quantitative estimate of drug-likeness (QED) is 0.401. The fourth-order valence-corrected chi connectivity index (χ4v) is 5.13. The van der Waals surface area contributed by atoms with Crippen LogP contribution in [0.5, 0.6) is 5.75 Å². The zero-order chi connectivity index (χ0) is 28.8. The first kappa shape index (κ1) is 28.0. The van der Waals surface area contributed by atoms with E-state index in [2.05, 4.69) is 20.9 Å². The molecule has 10 nitrogen and oxygen atoms in total. The van der Waals surface area contributed by atoms with Crippen LogP contribution in [0, 0.1) is 5.82 Å². The van der Waals surface area contributed by atoms with Gasteiger partial charge in [-0.05, 0) is 67.3 Å². The second kappa shape index (κ2) is 12.8. The number of carbonyl (C=O) groups excluding carboxylic acids is 3. The first-order valence-electron chi connectivity index (χ1n) is 13.5.